The highest BCUT2D eigenvalue weighted by Gasteiger charge is 2.13. The monoisotopic (exact) mass is 237 g/mol. The Labute approximate surface area is 100 Å². The Balaban J connectivity index is 2.51. The molecule has 0 amide bonds. The smallest absolute Gasteiger partial charge is 0.112 e. The molecule has 1 atom stereocenters. The lowest BCUT2D eigenvalue weighted by Crippen LogP contribution is -2.08. The van der Waals surface area contributed by atoms with E-state index in [2.05, 4.69) is 16.5 Å². The van der Waals surface area contributed by atoms with Crippen LogP contribution in [-0.2, 0) is 7.05 Å². The maximum absolute atomic E-state index is 5.95. The molecule has 0 radical (unpaired) electrons. The van der Waals surface area contributed by atoms with Gasteiger partial charge in [0.1, 0.15) is 5.82 Å². The van der Waals surface area contributed by atoms with Gasteiger partial charge in [0, 0.05) is 18.0 Å². The summed E-state index contributed by atoms with van der Waals surface area (Å²) in [6.45, 7) is 2.83. The molecule has 16 heavy (non-hydrogen) atoms. The molecule has 2 aromatic rings. The quantitative estimate of drug-likeness (QED) is 0.892. The molecule has 0 bridgehead atoms. The van der Waals surface area contributed by atoms with Crippen molar-refractivity contribution in [2.24, 2.45) is 12.8 Å². The highest BCUT2D eigenvalue weighted by molar-refractivity contribution is 6.31. The van der Waals surface area contributed by atoms with Gasteiger partial charge in [-0.1, -0.05) is 18.5 Å². The van der Waals surface area contributed by atoms with Crippen LogP contribution in [0.15, 0.2) is 18.2 Å². The van der Waals surface area contributed by atoms with Crippen molar-refractivity contribution in [3.63, 3.8) is 0 Å². The van der Waals surface area contributed by atoms with Gasteiger partial charge < -0.3 is 10.3 Å². The fourth-order valence-corrected chi connectivity index (χ4v) is 2.18. The van der Waals surface area contributed by atoms with Gasteiger partial charge in [0.15, 0.2) is 0 Å². The average Bonchev–Trinajstić information content (AvgIpc) is 2.56. The molecule has 4 heteroatoms. The minimum atomic E-state index is 0.376. The molecule has 1 aromatic carbocycles. The summed E-state index contributed by atoms with van der Waals surface area (Å²) in [4.78, 5) is 4.61. The molecule has 2 N–H and O–H groups in total. The molecule has 86 valence electrons. The Morgan fingerprint density at radius 2 is 2.25 bits per heavy atom. The molecule has 0 fully saturated rings. The topological polar surface area (TPSA) is 43.8 Å². The Kier molecular flexibility index (Phi) is 3.17. The third-order valence-corrected chi connectivity index (χ3v) is 3.15. The number of hydrogen-bond donors (Lipinski definition) is 1. The van der Waals surface area contributed by atoms with Crippen molar-refractivity contribution < 1.29 is 0 Å². The fraction of sp³-hybridized carbons (Fsp3) is 0.417. The van der Waals surface area contributed by atoms with Gasteiger partial charge >= 0.3 is 0 Å². The molecular formula is C12H16ClN3. The van der Waals surface area contributed by atoms with Crippen LogP contribution in [0.5, 0.6) is 0 Å². The third kappa shape index (κ3) is 1.93. The number of nitrogens with two attached hydrogens (primary N) is 1. The molecular weight excluding hydrogens is 222 g/mol. The van der Waals surface area contributed by atoms with E-state index in [9.17, 15) is 0 Å². The van der Waals surface area contributed by atoms with Gasteiger partial charge in [-0.2, -0.15) is 0 Å². The van der Waals surface area contributed by atoms with Crippen LogP contribution >= 0.6 is 11.6 Å². The lowest BCUT2D eigenvalue weighted by molar-refractivity contribution is 0.624. The number of rotatable bonds is 3. The second-order valence-corrected chi connectivity index (χ2v) is 4.58. The van der Waals surface area contributed by atoms with Crippen molar-refractivity contribution >= 4 is 22.6 Å². The Bertz CT molecular complexity index is 504. The summed E-state index contributed by atoms with van der Waals surface area (Å²) in [5.41, 5.74) is 7.64. The highest BCUT2D eigenvalue weighted by Crippen LogP contribution is 2.24. The van der Waals surface area contributed by atoms with E-state index in [1.807, 2.05) is 25.2 Å². The number of benzene rings is 1. The van der Waals surface area contributed by atoms with E-state index >= 15 is 0 Å². The van der Waals surface area contributed by atoms with E-state index < -0.39 is 0 Å². The summed E-state index contributed by atoms with van der Waals surface area (Å²) in [6.07, 6.45) is 0.949. The molecule has 0 aliphatic carbocycles. The van der Waals surface area contributed by atoms with E-state index in [-0.39, 0.29) is 0 Å². The molecule has 3 nitrogen and oxygen atoms in total. The van der Waals surface area contributed by atoms with Crippen LogP contribution in [0, 0.1) is 0 Å². The summed E-state index contributed by atoms with van der Waals surface area (Å²) in [6, 6.07) is 5.79. The van der Waals surface area contributed by atoms with Crippen molar-refractivity contribution in [1.29, 1.82) is 0 Å². The van der Waals surface area contributed by atoms with Crippen LogP contribution in [0.4, 0.5) is 0 Å². The summed E-state index contributed by atoms with van der Waals surface area (Å²) >= 11 is 5.95. The standard InChI is InChI=1S/C12H16ClN3/c1-8(5-6-14)12-15-10-7-9(13)3-4-11(10)16(12)2/h3-4,7-8H,5-6,14H2,1-2H3. The lowest BCUT2D eigenvalue weighted by Gasteiger charge is -2.09. The normalized spacial score (nSPS) is 13.2. The minimum absolute atomic E-state index is 0.376. The van der Waals surface area contributed by atoms with Crippen LogP contribution in [0.1, 0.15) is 25.1 Å². The molecule has 1 heterocycles. The Morgan fingerprint density at radius 1 is 1.50 bits per heavy atom. The maximum atomic E-state index is 5.95. The summed E-state index contributed by atoms with van der Waals surface area (Å²) in [7, 11) is 2.03. The number of aryl methyl sites for hydroxylation is 1. The van der Waals surface area contributed by atoms with Crippen LogP contribution in [0.2, 0.25) is 5.02 Å². The van der Waals surface area contributed by atoms with Crippen molar-refractivity contribution in [3.05, 3.63) is 29.0 Å². The molecule has 0 saturated carbocycles. The van der Waals surface area contributed by atoms with E-state index in [4.69, 9.17) is 17.3 Å². The Morgan fingerprint density at radius 3 is 2.94 bits per heavy atom. The first-order valence-corrected chi connectivity index (χ1v) is 5.83. The van der Waals surface area contributed by atoms with Crippen LogP contribution in [0.3, 0.4) is 0 Å². The van der Waals surface area contributed by atoms with Crippen LogP contribution < -0.4 is 5.73 Å². The first-order chi connectivity index (χ1) is 7.63. The molecule has 1 aromatic heterocycles. The summed E-state index contributed by atoms with van der Waals surface area (Å²) < 4.78 is 2.12. The van der Waals surface area contributed by atoms with Crippen molar-refractivity contribution in [1.82, 2.24) is 9.55 Å². The number of hydrogen-bond acceptors (Lipinski definition) is 2. The lowest BCUT2D eigenvalue weighted by atomic mass is 10.1. The van der Waals surface area contributed by atoms with Gasteiger partial charge in [-0.3, -0.25) is 0 Å². The third-order valence-electron chi connectivity index (χ3n) is 2.92. The first kappa shape index (κ1) is 11.4. The molecule has 0 spiro atoms. The predicted molar refractivity (Wildman–Crippen MR) is 67.8 cm³/mol. The van der Waals surface area contributed by atoms with E-state index in [1.54, 1.807) is 0 Å². The van der Waals surface area contributed by atoms with Gasteiger partial charge in [0.25, 0.3) is 0 Å². The van der Waals surface area contributed by atoms with Crippen molar-refractivity contribution in [2.75, 3.05) is 6.54 Å². The number of halogens is 1. The second kappa shape index (κ2) is 4.44. The van der Waals surface area contributed by atoms with Gasteiger partial charge in [-0.25, -0.2) is 4.98 Å². The van der Waals surface area contributed by atoms with Crippen molar-refractivity contribution in [3.8, 4) is 0 Å². The molecule has 0 aliphatic rings. The zero-order chi connectivity index (χ0) is 11.7. The van der Waals surface area contributed by atoms with Gasteiger partial charge in [0.05, 0.1) is 11.0 Å². The fourth-order valence-electron chi connectivity index (χ4n) is 2.01. The highest BCUT2D eigenvalue weighted by atomic mass is 35.5. The van der Waals surface area contributed by atoms with E-state index in [0.29, 0.717) is 12.5 Å². The molecule has 0 aliphatic heterocycles. The number of nitrogens with zero attached hydrogens (tertiary/aromatic N) is 2. The largest absolute Gasteiger partial charge is 0.331 e. The van der Waals surface area contributed by atoms with Crippen LogP contribution in [0.25, 0.3) is 11.0 Å². The summed E-state index contributed by atoms with van der Waals surface area (Å²) in [5, 5.41) is 0.726. The number of fused-ring (bicyclic) bond motifs is 1. The first-order valence-electron chi connectivity index (χ1n) is 5.45. The number of aromatic nitrogens is 2. The van der Waals surface area contributed by atoms with Crippen LogP contribution in [-0.4, -0.2) is 16.1 Å². The van der Waals surface area contributed by atoms with Crippen molar-refractivity contribution in [2.45, 2.75) is 19.3 Å². The van der Waals surface area contributed by atoms with Gasteiger partial charge in [0.2, 0.25) is 0 Å². The second-order valence-electron chi connectivity index (χ2n) is 4.14. The zero-order valence-corrected chi connectivity index (χ0v) is 10.3. The minimum Gasteiger partial charge on any atom is -0.331 e. The van der Waals surface area contributed by atoms with E-state index in [0.717, 1.165) is 28.3 Å². The maximum Gasteiger partial charge on any atom is 0.112 e. The molecule has 0 saturated heterocycles. The van der Waals surface area contributed by atoms with E-state index in [1.165, 1.54) is 0 Å². The zero-order valence-electron chi connectivity index (χ0n) is 9.57. The Hall–Kier alpha value is -1.06. The average molecular weight is 238 g/mol. The van der Waals surface area contributed by atoms with Gasteiger partial charge in [-0.15, -0.1) is 0 Å². The SMILES string of the molecule is CC(CCN)c1nc2cc(Cl)ccc2n1C. The van der Waals surface area contributed by atoms with Gasteiger partial charge in [-0.05, 0) is 31.2 Å². The number of imidazole rings is 1. The predicted octanol–water partition coefficient (Wildman–Crippen LogP) is 2.68. The molecule has 2 rings (SSSR count). The molecule has 1 unspecified atom stereocenters. The summed E-state index contributed by atoms with van der Waals surface area (Å²) in [5.74, 6) is 1.45.